The molecule has 0 saturated heterocycles. The number of aryl methyl sites for hydroxylation is 3. The monoisotopic (exact) mass is 310 g/mol. The highest BCUT2D eigenvalue weighted by Crippen LogP contribution is 2.31. The van der Waals surface area contributed by atoms with Gasteiger partial charge in [0.05, 0.1) is 0 Å². The lowest BCUT2D eigenvalue weighted by atomic mass is 10.0. The van der Waals surface area contributed by atoms with Crippen molar-refractivity contribution >= 4 is 27.3 Å². The molecule has 0 aliphatic carbocycles. The van der Waals surface area contributed by atoms with E-state index >= 15 is 0 Å². The van der Waals surface area contributed by atoms with Crippen LogP contribution in [0.5, 0.6) is 0 Å². The highest BCUT2D eigenvalue weighted by Gasteiger charge is 2.15. The van der Waals surface area contributed by atoms with Crippen LogP contribution in [0.3, 0.4) is 0 Å². The predicted molar refractivity (Wildman–Crippen MR) is 76.7 cm³/mol. The first-order valence-corrected chi connectivity index (χ1v) is 7.11. The SMILES string of the molecule is Cc1cc(C(O)c2ccc(Br)c(C)c2)c(C)s1. The molecule has 1 N–H and O–H groups in total. The van der Waals surface area contributed by atoms with Crippen molar-refractivity contribution in [1.29, 1.82) is 0 Å². The Kier molecular flexibility index (Phi) is 3.71. The van der Waals surface area contributed by atoms with E-state index in [9.17, 15) is 5.11 Å². The molecule has 1 unspecified atom stereocenters. The van der Waals surface area contributed by atoms with E-state index in [1.54, 1.807) is 11.3 Å². The zero-order chi connectivity index (χ0) is 12.6. The molecular formula is C14H15BrOS. The van der Waals surface area contributed by atoms with E-state index in [-0.39, 0.29) is 0 Å². The van der Waals surface area contributed by atoms with Gasteiger partial charge in [0.15, 0.2) is 0 Å². The summed E-state index contributed by atoms with van der Waals surface area (Å²) < 4.78 is 1.08. The lowest BCUT2D eigenvalue weighted by molar-refractivity contribution is 0.220. The van der Waals surface area contributed by atoms with E-state index in [2.05, 4.69) is 35.8 Å². The number of halogens is 1. The van der Waals surface area contributed by atoms with Gasteiger partial charge >= 0.3 is 0 Å². The van der Waals surface area contributed by atoms with Crippen molar-refractivity contribution < 1.29 is 5.11 Å². The van der Waals surface area contributed by atoms with Gasteiger partial charge in [-0.05, 0) is 49.6 Å². The van der Waals surface area contributed by atoms with Crippen molar-refractivity contribution in [3.05, 3.63) is 55.2 Å². The Hall–Kier alpha value is -0.640. The summed E-state index contributed by atoms with van der Waals surface area (Å²) in [6.07, 6.45) is -0.522. The highest BCUT2D eigenvalue weighted by atomic mass is 79.9. The summed E-state index contributed by atoms with van der Waals surface area (Å²) in [5.74, 6) is 0. The van der Waals surface area contributed by atoms with Crippen LogP contribution in [0, 0.1) is 20.8 Å². The summed E-state index contributed by atoms with van der Waals surface area (Å²) in [5.41, 5.74) is 3.12. The third-order valence-electron chi connectivity index (χ3n) is 2.87. The molecule has 2 aromatic rings. The molecule has 0 spiro atoms. The summed E-state index contributed by atoms with van der Waals surface area (Å²) in [6, 6.07) is 8.06. The van der Waals surface area contributed by atoms with E-state index in [0.29, 0.717) is 0 Å². The van der Waals surface area contributed by atoms with E-state index in [1.165, 1.54) is 9.75 Å². The van der Waals surface area contributed by atoms with Crippen LogP contribution in [-0.2, 0) is 0 Å². The van der Waals surface area contributed by atoms with Gasteiger partial charge in [0.25, 0.3) is 0 Å². The van der Waals surface area contributed by atoms with Crippen LogP contribution < -0.4 is 0 Å². The molecule has 0 fully saturated rings. The highest BCUT2D eigenvalue weighted by molar-refractivity contribution is 9.10. The van der Waals surface area contributed by atoms with E-state index in [1.807, 2.05) is 25.1 Å². The summed E-state index contributed by atoms with van der Waals surface area (Å²) in [4.78, 5) is 2.43. The molecule has 2 rings (SSSR count). The van der Waals surface area contributed by atoms with Crippen LogP contribution in [0.4, 0.5) is 0 Å². The number of thiophene rings is 1. The van der Waals surface area contributed by atoms with Crippen molar-refractivity contribution in [2.75, 3.05) is 0 Å². The summed E-state index contributed by atoms with van der Waals surface area (Å²) in [5, 5.41) is 10.4. The molecule has 1 heterocycles. The van der Waals surface area contributed by atoms with Crippen LogP contribution >= 0.6 is 27.3 Å². The lowest BCUT2D eigenvalue weighted by Crippen LogP contribution is -2.00. The van der Waals surface area contributed by atoms with Gasteiger partial charge in [-0.3, -0.25) is 0 Å². The molecule has 1 aromatic heterocycles. The zero-order valence-electron chi connectivity index (χ0n) is 10.1. The zero-order valence-corrected chi connectivity index (χ0v) is 12.5. The number of aliphatic hydroxyl groups is 1. The lowest BCUT2D eigenvalue weighted by Gasteiger charge is -2.12. The van der Waals surface area contributed by atoms with Crippen LogP contribution in [0.15, 0.2) is 28.7 Å². The first-order valence-electron chi connectivity index (χ1n) is 5.50. The fourth-order valence-electron chi connectivity index (χ4n) is 1.94. The van der Waals surface area contributed by atoms with Crippen LogP contribution in [0.25, 0.3) is 0 Å². The Morgan fingerprint density at radius 3 is 2.41 bits per heavy atom. The minimum absolute atomic E-state index is 0.522. The van der Waals surface area contributed by atoms with E-state index in [4.69, 9.17) is 0 Å². The van der Waals surface area contributed by atoms with Gasteiger partial charge in [0.1, 0.15) is 6.10 Å². The normalized spacial score (nSPS) is 12.8. The molecule has 0 saturated carbocycles. The van der Waals surface area contributed by atoms with Gasteiger partial charge in [0, 0.05) is 14.2 Å². The topological polar surface area (TPSA) is 20.2 Å². The molecule has 3 heteroatoms. The average Bonchev–Trinajstić information content (AvgIpc) is 2.61. The molecule has 0 bridgehead atoms. The Labute approximate surface area is 114 Å². The molecule has 0 aliphatic heterocycles. The minimum atomic E-state index is -0.522. The number of aliphatic hydroxyl groups excluding tert-OH is 1. The van der Waals surface area contributed by atoms with Gasteiger partial charge in [-0.25, -0.2) is 0 Å². The molecule has 17 heavy (non-hydrogen) atoms. The molecular weight excluding hydrogens is 296 g/mol. The Morgan fingerprint density at radius 2 is 1.88 bits per heavy atom. The Morgan fingerprint density at radius 1 is 1.18 bits per heavy atom. The van der Waals surface area contributed by atoms with Crippen LogP contribution in [0.1, 0.15) is 32.5 Å². The first-order chi connectivity index (χ1) is 7.99. The summed E-state index contributed by atoms with van der Waals surface area (Å²) >= 11 is 5.20. The largest absolute Gasteiger partial charge is 0.384 e. The predicted octanol–water partition coefficient (Wildman–Crippen LogP) is 4.52. The van der Waals surface area contributed by atoms with Gasteiger partial charge in [-0.15, -0.1) is 11.3 Å². The smallest absolute Gasteiger partial charge is 0.105 e. The van der Waals surface area contributed by atoms with Crippen LogP contribution in [0.2, 0.25) is 0 Å². The molecule has 0 aliphatic rings. The standard InChI is InChI=1S/C14H15BrOS/c1-8-6-11(4-5-13(8)15)14(16)12-7-9(2)17-10(12)3/h4-7,14,16H,1-3H3. The number of rotatable bonds is 2. The molecule has 1 atom stereocenters. The summed E-state index contributed by atoms with van der Waals surface area (Å²) in [6.45, 7) is 6.16. The maximum Gasteiger partial charge on any atom is 0.105 e. The molecule has 1 nitrogen and oxygen atoms in total. The van der Waals surface area contributed by atoms with E-state index in [0.717, 1.165) is 21.2 Å². The van der Waals surface area contributed by atoms with Gasteiger partial charge in [-0.2, -0.15) is 0 Å². The van der Waals surface area contributed by atoms with Gasteiger partial charge in [-0.1, -0.05) is 28.1 Å². The number of hydrogen-bond acceptors (Lipinski definition) is 2. The maximum atomic E-state index is 10.4. The fourth-order valence-corrected chi connectivity index (χ4v) is 3.14. The van der Waals surface area contributed by atoms with Crippen molar-refractivity contribution in [2.24, 2.45) is 0 Å². The van der Waals surface area contributed by atoms with E-state index < -0.39 is 6.10 Å². The Bertz CT molecular complexity index is 545. The van der Waals surface area contributed by atoms with Crippen molar-refractivity contribution in [3.8, 4) is 0 Å². The molecule has 1 aromatic carbocycles. The fraction of sp³-hybridized carbons (Fsp3) is 0.286. The average molecular weight is 311 g/mol. The quantitative estimate of drug-likeness (QED) is 0.864. The summed E-state index contributed by atoms with van der Waals surface area (Å²) in [7, 11) is 0. The van der Waals surface area contributed by atoms with Crippen LogP contribution in [-0.4, -0.2) is 5.11 Å². The third-order valence-corrected chi connectivity index (χ3v) is 4.74. The second kappa shape index (κ2) is 4.92. The molecule has 0 radical (unpaired) electrons. The van der Waals surface area contributed by atoms with Gasteiger partial charge in [0.2, 0.25) is 0 Å². The number of hydrogen-bond donors (Lipinski definition) is 1. The molecule has 0 amide bonds. The van der Waals surface area contributed by atoms with Crippen molar-refractivity contribution in [2.45, 2.75) is 26.9 Å². The minimum Gasteiger partial charge on any atom is -0.384 e. The van der Waals surface area contributed by atoms with Crippen molar-refractivity contribution in [3.63, 3.8) is 0 Å². The first kappa shape index (κ1) is 12.8. The van der Waals surface area contributed by atoms with Crippen molar-refractivity contribution in [1.82, 2.24) is 0 Å². The maximum absolute atomic E-state index is 10.4. The van der Waals surface area contributed by atoms with Gasteiger partial charge < -0.3 is 5.11 Å². The second-order valence-corrected chi connectivity index (χ2v) is 6.59. The molecule has 90 valence electrons. The second-order valence-electron chi connectivity index (χ2n) is 4.28. The Balaban J connectivity index is 2.40. The number of benzene rings is 1. The third kappa shape index (κ3) is 2.62.